The quantitative estimate of drug-likeness (QED) is 0.0538. The van der Waals surface area contributed by atoms with E-state index in [9.17, 15) is 4.79 Å². The van der Waals surface area contributed by atoms with Crippen molar-refractivity contribution >= 4 is 84.6 Å². The Labute approximate surface area is 519 Å². The molecule has 0 aliphatic rings. The number of hydrogen-bond acceptors (Lipinski definition) is 16. The predicted octanol–water partition coefficient (Wildman–Crippen LogP) is 13.9. The molecule has 87 heavy (non-hydrogen) atoms. The summed E-state index contributed by atoms with van der Waals surface area (Å²) in [6.45, 7) is 31.3. The number of nitrogens with one attached hydrogen (secondary N) is 2. The highest BCUT2D eigenvalue weighted by Crippen LogP contribution is 2.30. The summed E-state index contributed by atoms with van der Waals surface area (Å²) < 4.78 is 3.16. The Morgan fingerprint density at radius 2 is 1.10 bits per heavy atom. The van der Waals surface area contributed by atoms with E-state index in [0.717, 1.165) is 43.7 Å². The number of rotatable bonds is 11. The molecule has 6 heterocycles. The van der Waals surface area contributed by atoms with Crippen molar-refractivity contribution in [1.29, 1.82) is 0 Å². The van der Waals surface area contributed by atoms with Gasteiger partial charge in [-0.05, 0) is 129 Å². The molecule has 0 fully saturated rings. The van der Waals surface area contributed by atoms with Gasteiger partial charge in [-0.1, -0.05) is 158 Å². The summed E-state index contributed by atoms with van der Waals surface area (Å²) in [4.78, 5) is 39.8. The maximum Gasteiger partial charge on any atom is 0.253 e. The summed E-state index contributed by atoms with van der Waals surface area (Å²) in [5.74, 6) is 6.06. The zero-order valence-corrected chi connectivity index (χ0v) is 54.7. The SMILES string of the molecule is CC(C)c1ccc(N)nc1.CC(C)c1cccc(C(=O)NCCN)c1N.CC(C)c1cccc2[nH]c(N)nc12.CC(C)c1cccc2c1nc(N)n2C.CC(C)c1cccc2sc(CN)nc12.CC(C)c1cccnc1N.CC(C)c1ccnc(N)c1. The number of aromatic nitrogens is 8. The third kappa shape index (κ3) is 21.1. The summed E-state index contributed by atoms with van der Waals surface area (Å²) >= 11 is 1.69. The molecule has 0 aliphatic carbocycles. The first-order valence-electron chi connectivity index (χ1n) is 29.7. The molecule has 1 amide bonds. The minimum atomic E-state index is -0.162. The molecule has 10 aromatic rings. The number of amides is 1. The fourth-order valence-electron chi connectivity index (χ4n) is 8.89. The lowest BCUT2D eigenvalue weighted by molar-refractivity contribution is 0.0955. The number of pyridine rings is 3. The second-order valence-electron chi connectivity index (χ2n) is 23.1. The first kappa shape index (κ1) is 70.8. The summed E-state index contributed by atoms with van der Waals surface area (Å²) in [6, 6.07) is 35.8. The van der Waals surface area contributed by atoms with E-state index in [1.807, 2.05) is 98.4 Å². The maximum absolute atomic E-state index is 11.8. The average Bonchev–Trinajstić information content (AvgIpc) is 4.13. The zero-order chi connectivity index (χ0) is 64.7. The largest absolute Gasteiger partial charge is 0.398 e. The van der Waals surface area contributed by atoms with Crippen molar-refractivity contribution in [3.8, 4) is 0 Å². The number of para-hydroxylation sites is 4. The smallest absolute Gasteiger partial charge is 0.253 e. The number of H-pyrrole nitrogens is 1. The molecular formula is C68H97N17OS. The van der Waals surface area contributed by atoms with Crippen LogP contribution in [0.2, 0.25) is 0 Å². The van der Waals surface area contributed by atoms with Crippen LogP contribution in [0.5, 0.6) is 0 Å². The molecule has 0 saturated carbocycles. The molecule has 0 radical (unpaired) electrons. The monoisotopic (exact) mass is 1200 g/mol. The first-order chi connectivity index (χ1) is 41.2. The Bertz CT molecular complexity index is 3690. The van der Waals surface area contributed by atoms with Crippen LogP contribution in [0.15, 0.2) is 128 Å². The number of fused-ring (bicyclic) bond motifs is 3. The van der Waals surface area contributed by atoms with E-state index in [0.29, 0.717) is 102 Å². The number of hydrogen-bond donors (Lipinski definition) is 10. The number of carbonyl (C=O) groups is 1. The van der Waals surface area contributed by atoms with Crippen molar-refractivity contribution in [3.63, 3.8) is 0 Å². The second kappa shape index (κ2) is 34.5. The van der Waals surface area contributed by atoms with Crippen LogP contribution in [-0.4, -0.2) is 58.5 Å². The van der Waals surface area contributed by atoms with Gasteiger partial charge in [-0.3, -0.25) is 4.79 Å². The highest BCUT2D eigenvalue weighted by molar-refractivity contribution is 7.18. The zero-order valence-electron chi connectivity index (χ0n) is 53.9. The number of nitrogen functional groups attached to an aromatic ring is 6. The van der Waals surface area contributed by atoms with E-state index in [1.165, 1.54) is 32.5 Å². The molecule has 0 bridgehead atoms. The molecule has 0 unspecified atom stereocenters. The standard InChI is InChI=1S/C12H19N3O.C11H15N3.C11H14N2S.C10H13N3.3C8H12N2/c1-8(2)9-4-3-5-10(11(9)14)12(16)15-7-6-13;1-7(2)8-5-4-6-9-10(8)13-11(12)14(9)3;1-7(2)8-4-3-5-9-11(8)13-10(6-12)14-9;1-6(2)7-4-3-5-8-9(7)13-10(11)12-8;1-6(2)7-3-4-10-8(9)5-7;1-6(2)7-3-4-8(9)10-5-7;1-6(2)7-4-3-5-10-8(7)9/h3-5,8H,6-7,13-14H2,1-2H3,(H,15,16);4-7H,1-3H3,(H2,12,13);3-5,7H,6,12H2,1-2H3;3-6H,1-2H3,(H3,11,12,13);3*3-6H,1-2H3,(H2,9,10). The van der Waals surface area contributed by atoms with Gasteiger partial charge in [0.25, 0.3) is 5.91 Å². The lowest BCUT2D eigenvalue weighted by Gasteiger charge is -2.13. The second-order valence-corrected chi connectivity index (χ2v) is 24.2. The molecule has 466 valence electrons. The van der Waals surface area contributed by atoms with Crippen LogP contribution in [-0.2, 0) is 13.6 Å². The van der Waals surface area contributed by atoms with Gasteiger partial charge in [0.05, 0.1) is 37.8 Å². The van der Waals surface area contributed by atoms with E-state index in [2.05, 4.69) is 160 Å². The van der Waals surface area contributed by atoms with E-state index in [1.54, 1.807) is 29.8 Å². The Morgan fingerprint density at radius 3 is 1.63 bits per heavy atom. The van der Waals surface area contributed by atoms with Crippen LogP contribution in [0.3, 0.4) is 0 Å². The summed E-state index contributed by atoms with van der Waals surface area (Å²) in [5.41, 5.74) is 59.5. The lowest BCUT2D eigenvalue weighted by atomic mass is 9.98. The molecule has 0 aliphatic heterocycles. The Balaban J connectivity index is 0.000000219. The molecular weight excluding hydrogens is 1100 g/mol. The van der Waals surface area contributed by atoms with Crippen LogP contribution in [0.4, 0.5) is 35.0 Å². The molecule has 0 atom stereocenters. The minimum absolute atomic E-state index is 0.162. The van der Waals surface area contributed by atoms with Crippen molar-refractivity contribution in [1.82, 2.24) is 44.8 Å². The van der Waals surface area contributed by atoms with E-state index in [-0.39, 0.29) is 5.91 Å². The van der Waals surface area contributed by atoms with Crippen LogP contribution in [0.25, 0.3) is 32.3 Å². The predicted molar refractivity (Wildman–Crippen MR) is 370 cm³/mol. The Morgan fingerprint density at radius 1 is 0.540 bits per heavy atom. The summed E-state index contributed by atoms with van der Waals surface area (Å²) in [7, 11) is 1.94. The van der Waals surface area contributed by atoms with Crippen molar-refractivity contribution in [2.45, 2.75) is 145 Å². The van der Waals surface area contributed by atoms with Gasteiger partial charge in [0.2, 0.25) is 5.95 Å². The van der Waals surface area contributed by atoms with E-state index < -0.39 is 0 Å². The molecule has 18 N–H and O–H groups in total. The lowest BCUT2D eigenvalue weighted by Crippen LogP contribution is -2.29. The number of nitrogens with two attached hydrogens (primary N) is 8. The van der Waals surface area contributed by atoms with Gasteiger partial charge < -0.3 is 60.7 Å². The maximum atomic E-state index is 11.8. The van der Waals surface area contributed by atoms with Gasteiger partial charge in [-0.2, -0.15) is 0 Å². The molecule has 18 nitrogen and oxygen atoms in total. The van der Waals surface area contributed by atoms with Crippen LogP contribution in [0.1, 0.15) is 193 Å². The number of aromatic amines is 1. The fourth-order valence-corrected chi connectivity index (χ4v) is 9.78. The Kier molecular flexibility index (Phi) is 28.1. The third-order valence-electron chi connectivity index (χ3n) is 14.0. The van der Waals surface area contributed by atoms with E-state index in [4.69, 9.17) is 45.9 Å². The van der Waals surface area contributed by atoms with Crippen molar-refractivity contribution in [3.05, 3.63) is 177 Å². The summed E-state index contributed by atoms with van der Waals surface area (Å²) in [6.07, 6.45) is 5.27. The number of anilines is 6. The number of imidazole rings is 2. The van der Waals surface area contributed by atoms with Gasteiger partial charge >= 0.3 is 0 Å². The van der Waals surface area contributed by atoms with Gasteiger partial charge in [0.15, 0.2) is 5.95 Å². The number of thiazole rings is 1. The highest BCUT2D eigenvalue weighted by Gasteiger charge is 2.15. The summed E-state index contributed by atoms with van der Waals surface area (Å²) in [5, 5.41) is 3.73. The molecule has 0 spiro atoms. The molecule has 10 rings (SSSR count). The normalized spacial score (nSPS) is 10.9. The van der Waals surface area contributed by atoms with Gasteiger partial charge in [0, 0.05) is 51.0 Å². The van der Waals surface area contributed by atoms with Gasteiger partial charge in [0.1, 0.15) is 22.5 Å². The van der Waals surface area contributed by atoms with Gasteiger partial charge in [-0.25, -0.2) is 29.9 Å². The highest BCUT2D eigenvalue weighted by atomic mass is 32.1. The van der Waals surface area contributed by atoms with Crippen LogP contribution in [0, 0.1) is 0 Å². The minimum Gasteiger partial charge on any atom is -0.398 e. The first-order valence-corrected chi connectivity index (χ1v) is 30.5. The number of benzene rings is 4. The molecule has 6 aromatic heterocycles. The molecule has 19 heteroatoms. The van der Waals surface area contributed by atoms with Crippen molar-refractivity contribution in [2.75, 3.05) is 47.5 Å². The van der Waals surface area contributed by atoms with Crippen molar-refractivity contribution < 1.29 is 4.79 Å². The molecule has 4 aromatic carbocycles. The molecule has 0 saturated heterocycles. The Hall–Kier alpha value is -8.65. The van der Waals surface area contributed by atoms with E-state index >= 15 is 0 Å². The number of aryl methyl sites for hydroxylation is 1. The van der Waals surface area contributed by atoms with Crippen LogP contribution < -0.4 is 51.2 Å². The average molecular weight is 1200 g/mol. The van der Waals surface area contributed by atoms with Crippen LogP contribution >= 0.6 is 11.3 Å². The fraction of sp³-hybridized carbons (Fsp3) is 0.368. The number of carbonyl (C=O) groups excluding carboxylic acids is 1. The number of nitrogens with zero attached hydrogens (tertiary/aromatic N) is 7. The van der Waals surface area contributed by atoms with Crippen molar-refractivity contribution in [2.24, 2.45) is 18.5 Å². The third-order valence-corrected chi connectivity index (χ3v) is 15.0. The topological polar surface area (TPSA) is 335 Å². The van der Waals surface area contributed by atoms with Gasteiger partial charge in [-0.15, -0.1) is 11.3 Å².